The Hall–Kier alpha value is -0.120. The minimum Gasteiger partial charge on any atom is -0.380 e. The predicted octanol–water partition coefficient (Wildman–Crippen LogP) is 0.895. The summed E-state index contributed by atoms with van der Waals surface area (Å²) in [6, 6.07) is 1.33. The minimum absolute atomic E-state index is 0.463. The van der Waals surface area contributed by atoms with Gasteiger partial charge in [0.1, 0.15) is 0 Å². The van der Waals surface area contributed by atoms with Crippen molar-refractivity contribution in [2.24, 2.45) is 0 Å². The molecule has 0 aromatic heterocycles. The molecule has 0 aromatic rings. The van der Waals surface area contributed by atoms with Gasteiger partial charge in [-0.3, -0.25) is 0 Å². The van der Waals surface area contributed by atoms with Crippen molar-refractivity contribution in [3.63, 3.8) is 0 Å². The molecule has 2 aliphatic rings. The second kappa shape index (κ2) is 5.10. The second-order valence-corrected chi connectivity index (χ2v) is 4.50. The van der Waals surface area contributed by atoms with Crippen molar-refractivity contribution in [1.82, 2.24) is 10.6 Å². The van der Waals surface area contributed by atoms with Crippen molar-refractivity contribution in [3.8, 4) is 0 Å². The maximum absolute atomic E-state index is 5.49. The monoisotopic (exact) mass is 198 g/mol. The van der Waals surface area contributed by atoms with Crippen molar-refractivity contribution in [1.29, 1.82) is 0 Å². The van der Waals surface area contributed by atoms with Gasteiger partial charge in [-0.15, -0.1) is 0 Å². The topological polar surface area (TPSA) is 33.3 Å². The molecule has 82 valence electrons. The van der Waals surface area contributed by atoms with Gasteiger partial charge in [0.25, 0.3) is 0 Å². The lowest BCUT2D eigenvalue weighted by Gasteiger charge is -2.29. The molecule has 0 aromatic carbocycles. The summed E-state index contributed by atoms with van der Waals surface area (Å²) < 4.78 is 5.49. The van der Waals surface area contributed by atoms with Gasteiger partial charge in [0.2, 0.25) is 0 Å². The fourth-order valence-corrected chi connectivity index (χ4v) is 2.69. The number of nitrogens with one attached hydrogen (secondary N) is 2. The molecule has 3 nitrogen and oxygen atoms in total. The summed E-state index contributed by atoms with van der Waals surface area (Å²) in [5.74, 6) is 0. The molecule has 3 heteroatoms. The average molecular weight is 198 g/mol. The number of methoxy groups -OCH3 is 1. The molecular formula is C11H22N2O. The zero-order valence-electron chi connectivity index (χ0n) is 9.09. The minimum atomic E-state index is 0.463. The molecule has 2 unspecified atom stereocenters. The van der Waals surface area contributed by atoms with E-state index in [1.54, 1.807) is 0 Å². The predicted molar refractivity (Wildman–Crippen MR) is 57.5 cm³/mol. The average Bonchev–Trinajstić information content (AvgIpc) is 2.67. The van der Waals surface area contributed by atoms with Crippen LogP contribution in [0.2, 0.25) is 0 Å². The number of piperidine rings is 1. The SMILES string of the molecule is COC1CCCC1NC1CCNCC1. The van der Waals surface area contributed by atoms with Gasteiger partial charge < -0.3 is 15.4 Å². The number of hydrogen-bond acceptors (Lipinski definition) is 3. The van der Waals surface area contributed by atoms with Gasteiger partial charge in [-0.1, -0.05) is 0 Å². The van der Waals surface area contributed by atoms with Gasteiger partial charge in [0.15, 0.2) is 0 Å². The Balaban J connectivity index is 1.77. The van der Waals surface area contributed by atoms with Crippen molar-refractivity contribution in [3.05, 3.63) is 0 Å². The molecule has 2 N–H and O–H groups in total. The normalized spacial score (nSPS) is 34.9. The summed E-state index contributed by atoms with van der Waals surface area (Å²) in [4.78, 5) is 0. The molecule has 1 saturated carbocycles. The van der Waals surface area contributed by atoms with E-state index in [-0.39, 0.29) is 0 Å². The molecule has 14 heavy (non-hydrogen) atoms. The quantitative estimate of drug-likeness (QED) is 0.707. The van der Waals surface area contributed by atoms with Crippen LogP contribution in [0.4, 0.5) is 0 Å². The lowest BCUT2D eigenvalue weighted by molar-refractivity contribution is 0.0795. The Morgan fingerprint density at radius 2 is 1.93 bits per heavy atom. The Morgan fingerprint density at radius 3 is 2.64 bits per heavy atom. The van der Waals surface area contributed by atoms with Crippen molar-refractivity contribution in [2.45, 2.75) is 50.3 Å². The first kappa shape index (κ1) is 10.4. The maximum atomic E-state index is 5.49. The number of rotatable bonds is 3. The van der Waals surface area contributed by atoms with Gasteiger partial charge in [0.05, 0.1) is 6.10 Å². The van der Waals surface area contributed by atoms with E-state index >= 15 is 0 Å². The van der Waals surface area contributed by atoms with Gasteiger partial charge in [0, 0.05) is 19.2 Å². The summed E-state index contributed by atoms with van der Waals surface area (Å²) >= 11 is 0. The fourth-order valence-electron chi connectivity index (χ4n) is 2.69. The molecule has 2 rings (SSSR count). The first-order valence-electron chi connectivity index (χ1n) is 5.89. The van der Waals surface area contributed by atoms with Crippen LogP contribution in [-0.4, -0.2) is 38.4 Å². The van der Waals surface area contributed by atoms with E-state index in [9.17, 15) is 0 Å². The maximum Gasteiger partial charge on any atom is 0.0724 e. The summed E-state index contributed by atoms with van der Waals surface area (Å²) in [5, 5.41) is 7.15. The van der Waals surface area contributed by atoms with Crippen LogP contribution >= 0.6 is 0 Å². The molecule has 0 radical (unpaired) electrons. The highest BCUT2D eigenvalue weighted by Gasteiger charge is 2.29. The van der Waals surface area contributed by atoms with Gasteiger partial charge in [-0.25, -0.2) is 0 Å². The van der Waals surface area contributed by atoms with Gasteiger partial charge >= 0.3 is 0 Å². The summed E-state index contributed by atoms with van der Waals surface area (Å²) in [7, 11) is 1.84. The highest BCUT2D eigenvalue weighted by atomic mass is 16.5. The van der Waals surface area contributed by atoms with Crippen LogP contribution < -0.4 is 10.6 Å². The van der Waals surface area contributed by atoms with E-state index in [4.69, 9.17) is 4.74 Å². The van der Waals surface area contributed by atoms with Gasteiger partial charge in [-0.2, -0.15) is 0 Å². The number of ether oxygens (including phenoxy) is 1. The fraction of sp³-hybridized carbons (Fsp3) is 1.00. The first-order chi connectivity index (χ1) is 6.90. The van der Waals surface area contributed by atoms with Crippen LogP contribution in [0.1, 0.15) is 32.1 Å². The lowest BCUT2D eigenvalue weighted by Crippen LogP contribution is -2.47. The molecule has 1 heterocycles. The Kier molecular flexibility index (Phi) is 3.79. The molecular weight excluding hydrogens is 176 g/mol. The van der Waals surface area contributed by atoms with Crippen LogP contribution in [0.15, 0.2) is 0 Å². The second-order valence-electron chi connectivity index (χ2n) is 4.50. The highest BCUT2D eigenvalue weighted by Crippen LogP contribution is 2.22. The van der Waals surface area contributed by atoms with E-state index in [0.717, 1.165) is 6.04 Å². The van der Waals surface area contributed by atoms with Crippen LogP contribution in [0, 0.1) is 0 Å². The van der Waals surface area contributed by atoms with Crippen LogP contribution in [0.25, 0.3) is 0 Å². The Morgan fingerprint density at radius 1 is 1.14 bits per heavy atom. The Labute approximate surface area is 86.6 Å². The third-order valence-electron chi connectivity index (χ3n) is 3.54. The van der Waals surface area contributed by atoms with Crippen LogP contribution in [0.5, 0.6) is 0 Å². The Bertz CT molecular complexity index is 169. The van der Waals surface area contributed by atoms with Crippen LogP contribution in [-0.2, 0) is 4.74 Å². The molecule has 1 saturated heterocycles. The molecule has 2 fully saturated rings. The van der Waals surface area contributed by atoms with Crippen molar-refractivity contribution < 1.29 is 4.74 Å². The lowest BCUT2D eigenvalue weighted by atomic mass is 10.0. The third-order valence-corrected chi connectivity index (χ3v) is 3.54. The summed E-state index contributed by atoms with van der Waals surface area (Å²) in [5.41, 5.74) is 0. The first-order valence-corrected chi connectivity index (χ1v) is 5.89. The smallest absolute Gasteiger partial charge is 0.0724 e. The zero-order valence-corrected chi connectivity index (χ0v) is 9.09. The van der Waals surface area contributed by atoms with Crippen molar-refractivity contribution in [2.75, 3.05) is 20.2 Å². The molecule has 0 amide bonds. The van der Waals surface area contributed by atoms with Crippen molar-refractivity contribution >= 4 is 0 Å². The summed E-state index contributed by atoms with van der Waals surface area (Å²) in [6.07, 6.45) is 6.85. The standard InChI is InChI=1S/C11H22N2O/c1-14-11-4-2-3-10(11)13-9-5-7-12-8-6-9/h9-13H,2-8H2,1H3. The summed E-state index contributed by atoms with van der Waals surface area (Å²) in [6.45, 7) is 2.34. The highest BCUT2D eigenvalue weighted by molar-refractivity contribution is 4.87. The van der Waals surface area contributed by atoms with E-state index in [1.807, 2.05) is 7.11 Å². The molecule has 0 bridgehead atoms. The largest absolute Gasteiger partial charge is 0.380 e. The molecule has 0 spiro atoms. The van der Waals surface area contributed by atoms with E-state index in [0.29, 0.717) is 12.1 Å². The van der Waals surface area contributed by atoms with E-state index < -0.39 is 0 Å². The van der Waals surface area contributed by atoms with Gasteiger partial charge in [-0.05, 0) is 45.2 Å². The molecule has 1 aliphatic carbocycles. The van der Waals surface area contributed by atoms with E-state index in [1.165, 1.54) is 45.2 Å². The van der Waals surface area contributed by atoms with E-state index in [2.05, 4.69) is 10.6 Å². The molecule has 1 aliphatic heterocycles. The number of hydrogen-bond donors (Lipinski definition) is 2. The molecule has 2 atom stereocenters. The van der Waals surface area contributed by atoms with Crippen LogP contribution in [0.3, 0.4) is 0 Å². The zero-order chi connectivity index (χ0) is 9.80. The third kappa shape index (κ3) is 2.47.